The second-order valence-corrected chi connectivity index (χ2v) is 7.72. The van der Waals surface area contributed by atoms with E-state index >= 15 is 0 Å². The molecule has 140 valence electrons. The molecule has 2 heterocycles. The summed E-state index contributed by atoms with van der Waals surface area (Å²) in [7, 11) is 0. The molecule has 0 spiro atoms. The van der Waals surface area contributed by atoms with Crippen LogP contribution in [0.15, 0.2) is 40.9 Å². The van der Waals surface area contributed by atoms with E-state index in [2.05, 4.69) is 10.5 Å². The summed E-state index contributed by atoms with van der Waals surface area (Å²) >= 11 is 0. The molecule has 26 heavy (non-hydrogen) atoms. The molecule has 0 amide bonds. The summed E-state index contributed by atoms with van der Waals surface area (Å²) in [5.41, 5.74) is 0.988. The Hall–Kier alpha value is -1.85. The SMILES string of the molecule is c1ccc(OCc2cc(CC3(NCC4CCCCC4)COC3)no2)cc1. The van der Waals surface area contributed by atoms with Crippen LogP contribution < -0.4 is 10.1 Å². The topological polar surface area (TPSA) is 56.5 Å². The first-order chi connectivity index (χ1) is 12.8. The molecule has 0 bridgehead atoms. The Morgan fingerprint density at radius 1 is 1.12 bits per heavy atom. The zero-order valence-corrected chi connectivity index (χ0v) is 15.3. The van der Waals surface area contributed by atoms with Crippen molar-refractivity contribution in [1.29, 1.82) is 0 Å². The first-order valence-corrected chi connectivity index (χ1v) is 9.76. The number of ether oxygens (including phenoxy) is 2. The quantitative estimate of drug-likeness (QED) is 0.781. The average Bonchev–Trinajstić information content (AvgIpc) is 3.11. The summed E-state index contributed by atoms with van der Waals surface area (Å²) in [5.74, 6) is 2.41. The number of hydrogen-bond acceptors (Lipinski definition) is 5. The summed E-state index contributed by atoms with van der Waals surface area (Å²) in [6.45, 7) is 2.99. The van der Waals surface area contributed by atoms with Gasteiger partial charge < -0.3 is 19.3 Å². The molecule has 2 aliphatic rings. The number of nitrogens with one attached hydrogen (secondary N) is 1. The van der Waals surface area contributed by atoms with E-state index in [0.29, 0.717) is 6.61 Å². The molecule has 0 radical (unpaired) electrons. The molecular weight excluding hydrogens is 328 g/mol. The molecule has 1 aromatic carbocycles. The number of aromatic nitrogens is 1. The molecular formula is C21H28N2O3. The third-order valence-corrected chi connectivity index (χ3v) is 5.50. The van der Waals surface area contributed by atoms with Gasteiger partial charge in [-0.25, -0.2) is 0 Å². The first kappa shape index (κ1) is 17.6. The highest BCUT2D eigenvalue weighted by atomic mass is 16.5. The van der Waals surface area contributed by atoms with Gasteiger partial charge in [0.2, 0.25) is 0 Å². The molecule has 1 saturated carbocycles. The lowest BCUT2D eigenvalue weighted by Crippen LogP contribution is -2.62. The highest BCUT2D eigenvalue weighted by molar-refractivity contribution is 5.21. The predicted molar refractivity (Wildman–Crippen MR) is 99.1 cm³/mol. The van der Waals surface area contributed by atoms with Crippen LogP contribution in [0.2, 0.25) is 0 Å². The third-order valence-electron chi connectivity index (χ3n) is 5.50. The molecule has 2 fully saturated rings. The Kier molecular flexibility index (Phi) is 5.56. The zero-order valence-electron chi connectivity index (χ0n) is 15.3. The average molecular weight is 356 g/mol. The van der Waals surface area contributed by atoms with Gasteiger partial charge in [-0.15, -0.1) is 0 Å². The lowest BCUT2D eigenvalue weighted by Gasteiger charge is -2.43. The van der Waals surface area contributed by atoms with E-state index < -0.39 is 0 Å². The molecule has 2 aromatic rings. The van der Waals surface area contributed by atoms with Gasteiger partial charge in [-0.3, -0.25) is 0 Å². The number of rotatable bonds is 8. The van der Waals surface area contributed by atoms with Gasteiger partial charge in [0.1, 0.15) is 12.4 Å². The summed E-state index contributed by atoms with van der Waals surface area (Å²) in [5, 5.41) is 8.02. The first-order valence-electron chi connectivity index (χ1n) is 9.76. The van der Waals surface area contributed by atoms with Gasteiger partial charge in [0.15, 0.2) is 5.76 Å². The maximum atomic E-state index is 5.73. The number of nitrogens with zero attached hydrogens (tertiary/aromatic N) is 1. The summed E-state index contributed by atoms with van der Waals surface area (Å²) in [6.07, 6.45) is 7.71. The number of hydrogen-bond donors (Lipinski definition) is 1. The van der Waals surface area contributed by atoms with E-state index in [0.717, 1.165) is 49.3 Å². The summed E-state index contributed by atoms with van der Waals surface area (Å²) < 4.78 is 16.7. The van der Waals surface area contributed by atoms with Crippen molar-refractivity contribution in [2.75, 3.05) is 19.8 Å². The van der Waals surface area contributed by atoms with Crippen LogP contribution in [-0.2, 0) is 17.8 Å². The van der Waals surface area contributed by atoms with Gasteiger partial charge in [-0.05, 0) is 37.4 Å². The number of para-hydroxylation sites is 1. The van der Waals surface area contributed by atoms with E-state index in [9.17, 15) is 0 Å². The Bertz CT molecular complexity index is 676. The molecule has 5 nitrogen and oxygen atoms in total. The summed E-state index contributed by atoms with van der Waals surface area (Å²) in [4.78, 5) is 0. The molecule has 0 atom stereocenters. The highest BCUT2D eigenvalue weighted by Crippen LogP contribution is 2.27. The molecule has 0 unspecified atom stereocenters. The monoisotopic (exact) mass is 356 g/mol. The van der Waals surface area contributed by atoms with E-state index in [4.69, 9.17) is 14.0 Å². The van der Waals surface area contributed by atoms with Crippen LogP contribution in [0.1, 0.15) is 43.6 Å². The standard InChI is InChI=1S/C21H28N2O3/c1-3-7-17(8-4-1)13-22-21(15-24-16-21)12-18-11-20(26-23-18)14-25-19-9-5-2-6-10-19/h2,5-6,9-11,17,22H,1,3-4,7-8,12-16H2. The van der Waals surface area contributed by atoms with Gasteiger partial charge in [0, 0.05) is 12.5 Å². The van der Waals surface area contributed by atoms with Crippen LogP contribution in [0.5, 0.6) is 5.75 Å². The maximum absolute atomic E-state index is 5.73. The Morgan fingerprint density at radius 2 is 1.92 bits per heavy atom. The second-order valence-electron chi connectivity index (χ2n) is 7.72. The van der Waals surface area contributed by atoms with Crippen molar-refractivity contribution in [3.63, 3.8) is 0 Å². The molecule has 4 rings (SSSR count). The maximum Gasteiger partial charge on any atom is 0.174 e. The van der Waals surface area contributed by atoms with Gasteiger partial charge >= 0.3 is 0 Å². The minimum absolute atomic E-state index is 0.0197. The molecule has 1 saturated heterocycles. The second kappa shape index (κ2) is 8.23. The van der Waals surface area contributed by atoms with Crippen LogP contribution in [0, 0.1) is 5.92 Å². The van der Waals surface area contributed by atoms with Crippen LogP contribution in [0.3, 0.4) is 0 Å². The van der Waals surface area contributed by atoms with E-state index in [1.165, 1.54) is 32.1 Å². The lowest BCUT2D eigenvalue weighted by molar-refractivity contribution is -0.0764. The van der Waals surface area contributed by atoms with E-state index in [-0.39, 0.29) is 5.54 Å². The van der Waals surface area contributed by atoms with Crippen molar-refractivity contribution >= 4 is 0 Å². The van der Waals surface area contributed by atoms with Gasteiger partial charge in [0.05, 0.1) is 24.4 Å². The molecule has 1 aliphatic heterocycles. The van der Waals surface area contributed by atoms with Crippen molar-refractivity contribution in [3.8, 4) is 5.75 Å². The van der Waals surface area contributed by atoms with Gasteiger partial charge in [0.25, 0.3) is 0 Å². The molecule has 5 heteroatoms. The van der Waals surface area contributed by atoms with Crippen LogP contribution >= 0.6 is 0 Å². The summed E-state index contributed by atoms with van der Waals surface area (Å²) in [6, 6.07) is 11.8. The minimum Gasteiger partial charge on any atom is -0.486 e. The lowest BCUT2D eigenvalue weighted by atomic mass is 9.86. The van der Waals surface area contributed by atoms with Crippen molar-refractivity contribution < 1.29 is 14.0 Å². The normalized spacial score (nSPS) is 19.8. The Balaban J connectivity index is 1.29. The number of benzene rings is 1. The fourth-order valence-electron chi connectivity index (χ4n) is 3.89. The minimum atomic E-state index is 0.0197. The van der Waals surface area contributed by atoms with Crippen LogP contribution in [-0.4, -0.2) is 30.5 Å². The molecule has 1 aromatic heterocycles. The fraction of sp³-hybridized carbons (Fsp3) is 0.571. The van der Waals surface area contributed by atoms with Crippen molar-refractivity contribution in [2.45, 2.75) is 50.7 Å². The van der Waals surface area contributed by atoms with Crippen LogP contribution in [0.25, 0.3) is 0 Å². The molecule has 1 aliphatic carbocycles. The third kappa shape index (κ3) is 4.46. The van der Waals surface area contributed by atoms with E-state index in [1.54, 1.807) is 0 Å². The Morgan fingerprint density at radius 3 is 2.65 bits per heavy atom. The van der Waals surface area contributed by atoms with Crippen molar-refractivity contribution in [2.24, 2.45) is 5.92 Å². The Labute approximate surface area is 155 Å². The fourth-order valence-corrected chi connectivity index (χ4v) is 3.89. The van der Waals surface area contributed by atoms with Crippen LogP contribution in [0.4, 0.5) is 0 Å². The molecule has 1 N–H and O–H groups in total. The highest BCUT2D eigenvalue weighted by Gasteiger charge is 2.39. The van der Waals surface area contributed by atoms with Crippen molar-refractivity contribution in [1.82, 2.24) is 10.5 Å². The predicted octanol–water partition coefficient (Wildman–Crippen LogP) is 3.74. The smallest absolute Gasteiger partial charge is 0.174 e. The van der Waals surface area contributed by atoms with Gasteiger partial charge in [-0.1, -0.05) is 42.6 Å². The van der Waals surface area contributed by atoms with Gasteiger partial charge in [-0.2, -0.15) is 0 Å². The van der Waals surface area contributed by atoms with Crippen molar-refractivity contribution in [3.05, 3.63) is 47.9 Å². The van der Waals surface area contributed by atoms with E-state index in [1.807, 2.05) is 36.4 Å². The largest absolute Gasteiger partial charge is 0.486 e. The zero-order chi connectivity index (χ0) is 17.7.